The van der Waals surface area contributed by atoms with Crippen LogP contribution in [0.3, 0.4) is 0 Å². The molecule has 246 valence electrons. The number of aromatic hydroxyl groups is 1. The number of para-hydroxylation sites is 1. The summed E-state index contributed by atoms with van der Waals surface area (Å²) in [6.07, 6.45) is 3.08. The number of hydrogen-bond acceptors (Lipinski definition) is 7. The van der Waals surface area contributed by atoms with Crippen molar-refractivity contribution in [1.29, 1.82) is 0 Å². The number of phenols is 1. The van der Waals surface area contributed by atoms with Crippen LogP contribution in [0.15, 0.2) is 42.5 Å². The Morgan fingerprint density at radius 2 is 1.71 bits per heavy atom. The van der Waals surface area contributed by atoms with Crippen molar-refractivity contribution in [1.82, 2.24) is 26.2 Å². The fourth-order valence-corrected chi connectivity index (χ4v) is 6.08. The average molecular weight is 642 g/mol. The molecule has 0 radical (unpaired) electrons. The summed E-state index contributed by atoms with van der Waals surface area (Å²) in [7, 11) is 0. The second-order valence-electron chi connectivity index (χ2n) is 12.9. The molecule has 0 unspecified atom stereocenters. The second kappa shape index (κ2) is 16.3. The van der Waals surface area contributed by atoms with Crippen LogP contribution in [0.1, 0.15) is 51.7 Å². The zero-order valence-electron chi connectivity index (χ0n) is 26.8. The molecule has 0 spiro atoms. The van der Waals surface area contributed by atoms with E-state index in [4.69, 9.17) is 16.3 Å². The van der Waals surface area contributed by atoms with Gasteiger partial charge in [-0.3, -0.25) is 19.7 Å². The van der Waals surface area contributed by atoms with Crippen molar-refractivity contribution in [3.63, 3.8) is 0 Å². The van der Waals surface area contributed by atoms with Crippen LogP contribution in [0, 0.1) is 11.8 Å². The Balaban J connectivity index is 1.63. The Kier molecular flexibility index (Phi) is 12.5. The number of carbonyl (C=O) groups excluding carboxylic acids is 3. The van der Waals surface area contributed by atoms with Crippen LogP contribution in [0.2, 0.25) is 5.02 Å². The van der Waals surface area contributed by atoms with E-state index < -0.39 is 24.0 Å². The van der Waals surface area contributed by atoms with E-state index in [1.165, 1.54) is 6.07 Å². The molecule has 3 amide bonds. The molecule has 2 aliphatic rings. The van der Waals surface area contributed by atoms with E-state index in [2.05, 4.69) is 33.1 Å². The van der Waals surface area contributed by atoms with Gasteiger partial charge < -0.3 is 30.7 Å². The third-order valence-corrected chi connectivity index (χ3v) is 8.73. The predicted octanol–water partition coefficient (Wildman–Crippen LogP) is 3.04. The van der Waals surface area contributed by atoms with E-state index in [0.29, 0.717) is 26.1 Å². The molecule has 1 saturated heterocycles. The number of rotatable bonds is 5. The molecular formula is C34H48ClN5O5. The van der Waals surface area contributed by atoms with Gasteiger partial charge in [0, 0.05) is 19.1 Å². The van der Waals surface area contributed by atoms with Crippen LogP contribution in [-0.4, -0.2) is 84.7 Å². The summed E-state index contributed by atoms with van der Waals surface area (Å²) in [5.41, 5.74) is 1.77. The van der Waals surface area contributed by atoms with Gasteiger partial charge in [0.05, 0.1) is 11.1 Å². The number of nitrogens with zero attached hydrogens (tertiary/aromatic N) is 1. The minimum atomic E-state index is -0.865. The van der Waals surface area contributed by atoms with E-state index in [-0.39, 0.29) is 46.9 Å². The lowest BCUT2D eigenvalue weighted by Gasteiger charge is -2.30. The molecule has 2 aromatic rings. The van der Waals surface area contributed by atoms with Gasteiger partial charge >= 0.3 is 0 Å². The molecule has 2 aliphatic heterocycles. The fraction of sp³-hybridized carbons (Fsp3) is 0.559. The SMILES string of the molecule is CC(C)[C@H]1NC(=O)[C@@H](Cc2ccc(O)c(Cl)c2)N[C@@H](C)COc2ccccc2C[C@H](C)CNC(=O)[C@H](CN2CCCC2)NC1=O. The maximum absolute atomic E-state index is 13.9. The van der Waals surface area contributed by atoms with Crippen LogP contribution in [0.4, 0.5) is 0 Å². The van der Waals surface area contributed by atoms with Gasteiger partial charge in [-0.25, -0.2) is 0 Å². The van der Waals surface area contributed by atoms with Crippen LogP contribution in [0.25, 0.3) is 0 Å². The van der Waals surface area contributed by atoms with E-state index in [0.717, 1.165) is 42.8 Å². The standard InChI is InChI=1S/C34H48ClN5O5/c1-21(2)31-34(44)38-28(19-40-13-7-8-14-40)32(42)36-18-22(3)15-25-9-5-6-10-30(25)45-20-23(4)37-27(33(43)39-31)17-24-11-12-29(41)26(35)16-24/h5-6,9-12,16,21-23,27-28,31,37,41H,7-8,13-15,17-20H2,1-4H3,(H,36,42)(H,38,44)(H,39,43)/t22-,23-,27+,28-,31+/m0/s1. The molecule has 11 heteroatoms. The maximum Gasteiger partial charge on any atom is 0.243 e. The lowest BCUT2D eigenvalue weighted by Crippen LogP contribution is -2.60. The first-order chi connectivity index (χ1) is 21.5. The zero-order chi connectivity index (χ0) is 32.5. The number of ether oxygens (including phenoxy) is 1. The molecule has 2 heterocycles. The highest BCUT2D eigenvalue weighted by molar-refractivity contribution is 6.32. The van der Waals surface area contributed by atoms with Crippen molar-refractivity contribution < 1.29 is 24.2 Å². The van der Waals surface area contributed by atoms with Crippen molar-refractivity contribution in [2.75, 3.05) is 32.8 Å². The molecule has 1 fully saturated rings. The van der Waals surface area contributed by atoms with Gasteiger partial charge in [-0.05, 0) is 86.9 Å². The predicted molar refractivity (Wildman–Crippen MR) is 175 cm³/mol. The summed E-state index contributed by atoms with van der Waals surface area (Å²) in [4.78, 5) is 43.3. The van der Waals surface area contributed by atoms with Crippen LogP contribution in [0.5, 0.6) is 11.5 Å². The Bertz CT molecular complexity index is 1320. The van der Waals surface area contributed by atoms with Crippen molar-refractivity contribution in [2.24, 2.45) is 11.8 Å². The summed E-state index contributed by atoms with van der Waals surface area (Å²) < 4.78 is 6.25. The van der Waals surface area contributed by atoms with Gasteiger partial charge in [-0.1, -0.05) is 56.6 Å². The molecule has 4 rings (SSSR count). The molecular weight excluding hydrogens is 594 g/mol. The zero-order valence-corrected chi connectivity index (χ0v) is 27.5. The quantitative estimate of drug-likeness (QED) is 0.339. The summed E-state index contributed by atoms with van der Waals surface area (Å²) >= 11 is 6.18. The van der Waals surface area contributed by atoms with Gasteiger partial charge in [0.1, 0.15) is 30.2 Å². The number of phenolic OH excluding ortho intramolecular Hbond substituents is 1. The van der Waals surface area contributed by atoms with Gasteiger partial charge in [0.25, 0.3) is 0 Å². The first-order valence-corrected chi connectivity index (χ1v) is 16.4. The highest BCUT2D eigenvalue weighted by atomic mass is 35.5. The number of hydrogen-bond donors (Lipinski definition) is 5. The molecule has 5 N–H and O–H groups in total. The number of nitrogens with one attached hydrogen (secondary N) is 4. The molecule has 10 nitrogen and oxygen atoms in total. The molecule has 5 atom stereocenters. The van der Waals surface area contributed by atoms with Crippen molar-refractivity contribution in [2.45, 2.75) is 77.5 Å². The lowest BCUT2D eigenvalue weighted by molar-refractivity contribution is -0.134. The number of fused-ring (bicyclic) bond motifs is 1. The van der Waals surface area contributed by atoms with Gasteiger partial charge in [0.15, 0.2) is 0 Å². The summed E-state index contributed by atoms with van der Waals surface area (Å²) in [5.74, 6) is -0.396. The maximum atomic E-state index is 13.9. The van der Waals surface area contributed by atoms with Crippen molar-refractivity contribution >= 4 is 29.3 Å². The number of halogens is 1. The number of likely N-dealkylation sites (tertiary alicyclic amines) is 1. The largest absolute Gasteiger partial charge is 0.506 e. The average Bonchev–Trinajstić information content (AvgIpc) is 3.52. The number of carbonyl (C=O) groups is 3. The highest BCUT2D eigenvalue weighted by Gasteiger charge is 2.33. The van der Waals surface area contributed by atoms with E-state index in [1.807, 2.05) is 45.0 Å². The molecule has 45 heavy (non-hydrogen) atoms. The Morgan fingerprint density at radius 1 is 0.978 bits per heavy atom. The van der Waals surface area contributed by atoms with Crippen LogP contribution >= 0.6 is 11.6 Å². The lowest BCUT2D eigenvalue weighted by atomic mass is 9.99. The van der Waals surface area contributed by atoms with E-state index in [1.54, 1.807) is 12.1 Å². The molecule has 0 saturated carbocycles. The van der Waals surface area contributed by atoms with Gasteiger partial charge in [-0.15, -0.1) is 0 Å². The summed E-state index contributed by atoms with van der Waals surface area (Å²) in [5, 5.41) is 22.5. The van der Waals surface area contributed by atoms with Gasteiger partial charge in [0.2, 0.25) is 17.7 Å². The van der Waals surface area contributed by atoms with Crippen LogP contribution in [-0.2, 0) is 27.2 Å². The Morgan fingerprint density at radius 3 is 2.42 bits per heavy atom. The smallest absolute Gasteiger partial charge is 0.243 e. The molecule has 0 bridgehead atoms. The second-order valence-corrected chi connectivity index (χ2v) is 13.3. The number of benzene rings is 2. The Labute approximate surface area is 271 Å². The minimum Gasteiger partial charge on any atom is -0.506 e. The third kappa shape index (κ3) is 10.1. The monoisotopic (exact) mass is 641 g/mol. The van der Waals surface area contributed by atoms with E-state index >= 15 is 0 Å². The summed E-state index contributed by atoms with van der Waals surface area (Å²) in [6, 6.07) is 10.1. The molecule has 2 aromatic carbocycles. The molecule has 0 aromatic heterocycles. The van der Waals surface area contributed by atoms with Crippen molar-refractivity contribution in [3.05, 3.63) is 58.6 Å². The van der Waals surface area contributed by atoms with E-state index in [9.17, 15) is 19.5 Å². The first kappa shape index (κ1) is 34.5. The molecule has 0 aliphatic carbocycles. The minimum absolute atomic E-state index is 0.0404. The normalized spacial score (nSPS) is 26.2. The van der Waals surface area contributed by atoms with Crippen molar-refractivity contribution in [3.8, 4) is 11.5 Å². The first-order valence-electron chi connectivity index (χ1n) is 16.0. The number of amides is 3. The highest BCUT2D eigenvalue weighted by Crippen LogP contribution is 2.25. The van der Waals surface area contributed by atoms with Gasteiger partial charge in [-0.2, -0.15) is 0 Å². The Hall–Kier alpha value is -3.34. The third-order valence-electron chi connectivity index (χ3n) is 8.43. The topological polar surface area (TPSA) is 132 Å². The summed E-state index contributed by atoms with van der Waals surface area (Å²) in [6.45, 7) is 10.7. The fourth-order valence-electron chi connectivity index (χ4n) is 5.87. The van der Waals surface area contributed by atoms with Crippen LogP contribution < -0.4 is 26.0 Å².